The highest BCUT2D eigenvalue weighted by atomic mass is 35.5. The predicted molar refractivity (Wildman–Crippen MR) is 123 cm³/mol. The molecule has 0 aromatic carbocycles. The van der Waals surface area contributed by atoms with Crippen LogP contribution in [-0.4, -0.2) is 33.7 Å². The second-order valence-corrected chi connectivity index (χ2v) is 11.3. The number of amides is 2. The first-order chi connectivity index (χ1) is 15.2. The Morgan fingerprint density at radius 3 is 2.69 bits per heavy atom. The highest BCUT2D eigenvalue weighted by molar-refractivity contribution is 6.30. The van der Waals surface area contributed by atoms with E-state index in [2.05, 4.69) is 29.1 Å². The molecule has 5 rings (SSSR count). The Morgan fingerprint density at radius 2 is 1.94 bits per heavy atom. The van der Waals surface area contributed by atoms with Crippen LogP contribution in [0.1, 0.15) is 65.2 Å². The maximum absolute atomic E-state index is 12.8. The lowest BCUT2D eigenvalue weighted by atomic mass is 9.49. The fraction of sp³-hybridized carbons (Fsp3) is 0.680. The average molecular weight is 457 g/mol. The van der Waals surface area contributed by atoms with Gasteiger partial charge in [0.15, 0.2) is 0 Å². The Balaban J connectivity index is 1.36. The van der Waals surface area contributed by atoms with Crippen molar-refractivity contribution in [3.05, 3.63) is 29.2 Å². The van der Waals surface area contributed by atoms with Crippen LogP contribution in [0.15, 0.2) is 29.2 Å². The molecule has 2 saturated carbocycles. The number of carbonyl (C=O) groups is 2. The number of fused-ring (bicyclic) bond motifs is 5. The number of allylic oxidation sites excluding steroid dienone is 2. The number of rotatable bonds is 3. The summed E-state index contributed by atoms with van der Waals surface area (Å²) in [4.78, 5) is 35.2. The minimum Gasteiger partial charge on any atom is -0.318 e. The summed E-state index contributed by atoms with van der Waals surface area (Å²) in [5.41, 5.74) is 1.21. The number of anilines is 1. The molecule has 2 amide bonds. The number of hydrogen-bond donors (Lipinski definition) is 1. The normalized spacial score (nSPS) is 38.8. The lowest BCUT2D eigenvalue weighted by Gasteiger charge is -2.59. The molecule has 1 aliphatic heterocycles. The van der Waals surface area contributed by atoms with Gasteiger partial charge in [-0.05, 0) is 73.7 Å². The van der Waals surface area contributed by atoms with E-state index < -0.39 is 0 Å². The van der Waals surface area contributed by atoms with Gasteiger partial charge in [0, 0.05) is 48.4 Å². The van der Waals surface area contributed by atoms with E-state index in [1.54, 1.807) is 18.5 Å². The number of piperidine rings is 1. The van der Waals surface area contributed by atoms with Crippen molar-refractivity contribution in [1.29, 1.82) is 0 Å². The van der Waals surface area contributed by atoms with E-state index in [-0.39, 0.29) is 22.6 Å². The molecular weight excluding hydrogens is 424 g/mol. The van der Waals surface area contributed by atoms with E-state index in [0.717, 1.165) is 49.3 Å². The third-order valence-corrected chi connectivity index (χ3v) is 9.81. The maximum atomic E-state index is 12.8. The van der Waals surface area contributed by atoms with Crippen LogP contribution in [0.25, 0.3) is 0 Å². The van der Waals surface area contributed by atoms with Crippen molar-refractivity contribution in [2.45, 2.75) is 65.2 Å². The zero-order chi connectivity index (χ0) is 22.7. The van der Waals surface area contributed by atoms with Crippen LogP contribution in [0.2, 0.25) is 0 Å². The molecule has 0 bridgehead atoms. The van der Waals surface area contributed by atoms with Crippen molar-refractivity contribution < 1.29 is 9.59 Å². The molecule has 32 heavy (non-hydrogen) atoms. The van der Waals surface area contributed by atoms with E-state index in [1.165, 1.54) is 0 Å². The molecule has 0 spiro atoms. The van der Waals surface area contributed by atoms with Gasteiger partial charge in [-0.15, -0.1) is 0 Å². The van der Waals surface area contributed by atoms with Gasteiger partial charge >= 0.3 is 0 Å². The molecule has 172 valence electrons. The Kier molecular flexibility index (Phi) is 5.35. The number of carbonyl (C=O) groups excluding carboxylic acids is 2. The molecule has 2 heterocycles. The first-order valence-corrected chi connectivity index (χ1v) is 12.3. The molecule has 6 atom stereocenters. The third kappa shape index (κ3) is 3.28. The molecule has 1 saturated heterocycles. The van der Waals surface area contributed by atoms with Crippen molar-refractivity contribution in [2.24, 2.45) is 34.5 Å². The van der Waals surface area contributed by atoms with Gasteiger partial charge in [0.1, 0.15) is 0 Å². The molecule has 7 heteroatoms. The first-order valence-electron chi connectivity index (χ1n) is 12.0. The maximum Gasteiger partial charge on any atom is 0.229 e. The number of aromatic nitrogens is 2. The second kappa shape index (κ2) is 7.82. The van der Waals surface area contributed by atoms with Gasteiger partial charge in [-0.1, -0.05) is 25.4 Å². The van der Waals surface area contributed by atoms with E-state index >= 15 is 0 Å². The summed E-state index contributed by atoms with van der Waals surface area (Å²) in [5, 5.41) is 3.76. The number of nitrogens with zero attached hydrogens (tertiary/aromatic N) is 3. The number of halogens is 1. The highest BCUT2D eigenvalue weighted by Crippen LogP contribution is 2.67. The summed E-state index contributed by atoms with van der Waals surface area (Å²) in [6, 6.07) is 1.74. The van der Waals surface area contributed by atoms with Crippen LogP contribution in [0.3, 0.4) is 0 Å². The molecule has 3 aliphatic carbocycles. The highest BCUT2D eigenvalue weighted by Gasteiger charge is 2.60. The standard InChI is InChI=1S/C25H33ClN4O2/c1-24-9-7-18-16(14-19(26)22-25(18,2)10-8-21(32)30(22)3)17(24)6-5-15(24)13-20(31)29-23-27-11-4-12-28-23/h4,11-12,15-18H,5-10,13-14H2,1-3H3,(H,27,28,29,31)/t15-,16?,17+,18?,24-,25-/m1/s1. The van der Waals surface area contributed by atoms with E-state index in [4.69, 9.17) is 11.6 Å². The predicted octanol–water partition coefficient (Wildman–Crippen LogP) is 4.98. The third-order valence-electron chi connectivity index (χ3n) is 9.48. The number of likely N-dealkylation sites (tertiary alicyclic amines) is 1. The minimum absolute atomic E-state index is 0.00781. The van der Waals surface area contributed by atoms with Crippen LogP contribution in [0.4, 0.5) is 5.95 Å². The van der Waals surface area contributed by atoms with Gasteiger partial charge in [-0.25, -0.2) is 9.97 Å². The average Bonchev–Trinajstić information content (AvgIpc) is 3.08. The molecule has 0 radical (unpaired) electrons. The van der Waals surface area contributed by atoms with Gasteiger partial charge in [0.25, 0.3) is 0 Å². The Labute approximate surface area is 195 Å². The first kappa shape index (κ1) is 21.9. The monoisotopic (exact) mass is 456 g/mol. The quantitative estimate of drug-likeness (QED) is 0.696. The van der Waals surface area contributed by atoms with Crippen LogP contribution >= 0.6 is 11.6 Å². The van der Waals surface area contributed by atoms with Gasteiger partial charge in [-0.2, -0.15) is 0 Å². The summed E-state index contributed by atoms with van der Waals surface area (Å²) in [6.45, 7) is 4.75. The molecular formula is C25H33ClN4O2. The lowest BCUT2D eigenvalue weighted by Crippen LogP contribution is -2.54. The number of nitrogens with one attached hydrogen (secondary N) is 1. The zero-order valence-electron chi connectivity index (χ0n) is 19.2. The van der Waals surface area contributed by atoms with Crippen molar-refractivity contribution in [3.63, 3.8) is 0 Å². The van der Waals surface area contributed by atoms with Gasteiger partial charge in [-0.3, -0.25) is 14.9 Å². The fourth-order valence-electron chi connectivity index (χ4n) is 7.89. The molecule has 6 nitrogen and oxygen atoms in total. The Morgan fingerprint density at radius 1 is 1.19 bits per heavy atom. The van der Waals surface area contributed by atoms with Crippen molar-refractivity contribution >= 4 is 29.4 Å². The summed E-state index contributed by atoms with van der Waals surface area (Å²) < 4.78 is 0. The van der Waals surface area contributed by atoms with Crippen molar-refractivity contribution in [1.82, 2.24) is 14.9 Å². The van der Waals surface area contributed by atoms with Crippen molar-refractivity contribution in [2.75, 3.05) is 12.4 Å². The minimum atomic E-state index is -0.0237. The van der Waals surface area contributed by atoms with E-state index in [0.29, 0.717) is 42.5 Å². The molecule has 4 aliphatic rings. The zero-order valence-corrected chi connectivity index (χ0v) is 20.0. The van der Waals surface area contributed by atoms with Gasteiger partial charge in [0.05, 0.1) is 0 Å². The summed E-state index contributed by atoms with van der Waals surface area (Å²) in [5.74, 6) is 2.59. The summed E-state index contributed by atoms with van der Waals surface area (Å²) in [7, 11) is 1.89. The number of hydrogen-bond acceptors (Lipinski definition) is 4. The second-order valence-electron chi connectivity index (χ2n) is 10.8. The molecule has 1 aromatic heterocycles. The van der Waals surface area contributed by atoms with Crippen LogP contribution in [0, 0.1) is 34.5 Å². The lowest BCUT2D eigenvalue weighted by molar-refractivity contribution is -0.136. The van der Waals surface area contributed by atoms with Crippen LogP contribution in [0.5, 0.6) is 0 Å². The van der Waals surface area contributed by atoms with Crippen molar-refractivity contribution in [3.8, 4) is 0 Å². The Bertz CT molecular complexity index is 966. The Hall–Kier alpha value is -1.95. The largest absolute Gasteiger partial charge is 0.318 e. The fourth-order valence-corrected chi connectivity index (χ4v) is 8.41. The van der Waals surface area contributed by atoms with E-state index in [1.807, 2.05) is 11.9 Å². The molecule has 3 fully saturated rings. The molecule has 2 unspecified atom stereocenters. The summed E-state index contributed by atoms with van der Waals surface area (Å²) >= 11 is 6.91. The SMILES string of the molecule is CN1C(=O)CC[C@@]2(C)C1=C(Cl)CC1C2CC[C@]2(C)[C@@H](CC(=O)Nc3ncccn3)CC[C@@H]12. The van der Waals surface area contributed by atoms with Crippen LogP contribution in [-0.2, 0) is 9.59 Å². The molecule has 1 aromatic rings. The van der Waals surface area contributed by atoms with Crippen LogP contribution < -0.4 is 5.32 Å². The van der Waals surface area contributed by atoms with Gasteiger partial charge in [0.2, 0.25) is 17.8 Å². The smallest absolute Gasteiger partial charge is 0.229 e. The molecule has 1 N–H and O–H groups in total. The van der Waals surface area contributed by atoms with E-state index in [9.17, 15) is 9.59 Å². The van der Waals surface area contributed by atoms with Gasteiger partial charge < -0.3 is 4.90 Å². The topological polar surface area (TPSA) is 75.2 Å². The summed E-state index contributed by atoms with van der Waals surface area (Å²) in [6.07, 6.45) is 10.7.